The van der Waals surface area contributed by atoms with Crippen LogP contribution >= 0.6 is 0 Å². The van der Waals surface area contributed by atoms with E-state index in [4.69, 9.17) is 10.1 Å². The Balaban J connectivity index is 2.02. The second-order valence-electron chi connectivity index (χ2n) is 7.94. The molecule has 7 heteroatoms. The van der Waals surface area contributed by atoms with Gasteiger partial charge in [-0.3, -0.25) is 5.41 Å². The van der Waals surface area contributed by atoms with E-state index in [0.29, 0.717) is 41.0 Å². The van der Waals surface area contributed by atoms with Crippen molar-refractivity contribution in [2.45, 2.75) is 33.7 Å². The third-order valence-electron chi connectivity index (χ3n) is 4.76. The second-order valence-corrected chi connectivity index (χ2v) is 7.94. The molecule has 1 aliphatic rings. The zero-order valence-electron chi connectivity index (χ0n) is 19.1. The Kier molecular flexibility index (Phi) is 7.78. The van der Waals surface area contributed by atoms with E-state index in [9.17, 15) is 4.91 Å². The van der Waals surface area contributed by atoms with Crippen LogP contribution in [0.25, 0.3) is 11.8 Å². The van der Waals surface area contributed by atoms with Crippen molar-refractivity contribution in [1.29, 1.82) is 5.41 Å². The number of nitrogens with one attached hydrogen (secondary N) is 2. The first-order chi connectivity index (χ1) is 15.4. The molecule has 0 atom stereocenters. The van der Waals surface area contributed by atoms with Gasteiger partial charge in [0.15, 0.2) is 5.75 Å². The van der Waals surface area contributed by atoms with E-state index >= 15 is 0 Å². The Bertz CT molecular complexity index is 1170. The zero-order chi connectivity index (χ0) is 23.1. The molecule has 0 amide bonds. The molecule has 32 heavy (non-hydrogen) atoms. The van der Waals surface area contributed by atoms with Gasteiger partial charge in [-0.05, 0) is 59.4 Å². The summed E-state index contributed by atoms with van der Waals surface area (Å²) in [6.07, 6.45) is 4.51. The van der Waals surface area contributed by atoms with Crippen LogP contribution in [0, 0.1) is 16.2 Å². The monoisotopic (exact) mass is 432 g/mol. The molecule has 0 aliphatic carbocycles. The predicted molar refractivity (Wildman–Crippen MR) is 130 cm³/mol. The Labute approximate surface area is 188 Å². The molecule has 7 nitrogen and oxygen atoms in total. The first-order valence-corrected chi connectivity index (χ1v) is 10.8. The molecule has 2 aromatic rings. The summed E-state index contributed by atoms with van der Waals surface area (Å²) in [5.74, 6) is 0.666. The van der Waals surface area contributed by atoms with Gasteiger partial charge in [0.05, 0.1) is 12.8 Å². The van der Waals surface area contributed by atoms with Crippen molar-refractivity contribution < 1.29 is 9.50 Å². The van der Waals surface area contributed by atoms with Crippen molar-refractivity contribution in [3.63, 3.8) is 0 Å². The van der Waals surface area contributed by atoms with Crippen LogP contribution in [0.15, 0.2) is 52.4 Å². The van der Waals surface area contributed by atoms with Crippen LogP contribution < -0.4 is 20.5 Å². The lowest BCUT2D eigenvalue weighted by atomic mass is 10.1. The third-order valence-corrected chi connectivity index (χ3v) is 4.76. The fourth-order valence-corrected chi connectivity index (χ4v) is 3.29. The molecular weight excluding hydrogens is 402 g/mol. The highest BCUT2D eigenvalue weighted by molar-refractivity contribution is 6.41. The molecule has 2 N–H and O–H groups in total. The van der Waals surface area contributed by atoms with Gasteiger partial charge in [-0.1, -0.05) is 50.0 Å². The quantitative estimate of drug-likeness (QED) is 0.658. The van der Waals surface area contributed by atoms with Gasteiger partial charge < -0.3 is 10.1 Å². The molecule has 0 fully saturated rings. The standard InChI is InChI=1S/C25H30N5O2/c1-5-12-32-23-14-19(15-27-4)8-11-22(23)30(31)25-24(26)28-16-21(29-25)20-9-6-18(7-10-20)13-17(2)3/h6-11,13-14,16-17,26-27H,5,12,15H2,1-4H3/q+1. The summed E-state index contributed by atoms with van der Waals surface area (Å²) in [5, 5.41) is 13.2. The van der Waals surface area contributed by atoms with E-state index in [-0.39, 0.29) is 11.7 Å². The van der Waals surface area contributed by atoms with Crippen LogP contribution in [0.4, 0.5) is 5.69 Å². The van der Waals surface area contributed by atoms with Crippen LogP contribution in [0.5, 0.6) is 5.75 Å². The molecule has 3 rings (SSSR count). The first kappa shape index (κ1) is 23.2. The van der Waals surface area contributed by atoms with Crippen LogP contribution in [-0.2, 0) is 6.54 Å². The number of hydrogen-bond acceptors (Lipinski definition) is 5. The van der Waals surface area contributed by atoms with Gasteiger partial charge in [0.2, 0.25) is 17.2 Å². The largest absolute Gasteiger partial charge is 0.489 e. The highest BCUT2D eigenvalue weighted by atomic mass is 16.5. The van der Waals surface area contributed by atoms with E-state index in [1.54, 1.807) is 6.07 Å². The van der Waals surface area contributed by atoms with Gasteiger partial charge in [-0.15, -0.1) is 0 Å². The van der Waals surface area contributed by atoms with Crippen molar-refractivity contribution in [3.05, 3.63) is 63.4 Å². The molecule has 0 saturated heterocycles. The number of hydrogen-bond donors (Lipinski definition) is 2. The van der Waals surface area contributed by atoms with Gasteiger partial charge in [-0.25, -0.2) is 4.99 Å². The topological polar surface area (TPSA) is 89.9 Å². The first-order valence-electron chi connectivity index (χ1n) is 10.8. The number of nitroso groups, excluding NO2 is 1. The normalized spacial score (nSPS) is 13.3. The Morgan fingerprint density at radius 2 is 1.94 bits per heavy atom. The average Bonchev–Trinajstić information content (AvgIpc) is 2.78. The molecule has 0 aromatic heterocycles. The lowest BCUT2D eigenvalue weighted by Crippen LogP contribution is -2.26. The van der Waals surface area contributed by atoms with Crippen molar-refractivity contribution in [2.75, 3.05) is 13.7 Å². The smallest absolute Gasteiger partial charge is 0.412 e. The molecule has 2 aromatic carbocycles. The van der Waals surface area contributed by atoms with Crippen LogP contribution in [0.1, 0.15) is 32.8 Å². The summed E-state index contributed by atoms with van der Waals surface area (Å²) in [6.45, 7) is 7.41. The second kappa shape index (κ2) is 10.7. The van der Waals surface area contributed by atoms with Crippen molar-refractivity contribution >= 4 is 35.3 Å². The number of nitrogens with zero attached hydrogens (tertiary/aromatic N) is 3. The molecule has 0 bridgehead atoms. The van der Waals surface area contributed by atoms with Gasteiger partial charge in [0.25, 0.3) is 0 Å². The highest BCUT2D eigenvalue weighted by Gasteiger charge is 2.32. The third kappa shape index (κ3) is 5.62. The van der Waals surface area contributed by atoms with Crippen molar-refractivity contribution in [3.8, 4) is 5.75 Å². The SMILES string of the molecule is CCCOc1cc(CNC)ccc1[N+](=O)C1=NC(=c2ccc(=CC(C)C)cc2)C=NC1=N. The van der Waals surface area contributed by atoms with Crippen LogP contribution in [0.3, 0.4) is 0 Å². The Hall–Kier alpha value is -3.45. The Morgan fingerprint density at radius 3 is 2.59 bits per heavy atom. The van der Waals surface area contributed by atoms with Crippen LogP contribution in [-0.4, -0.2) is 36.3 Å². The zero-order valence-corrected chi connectivity index (χ0v) is 19.1. The molecule has 166 valence electrons. The number of rotatable bonds is 7. The number of benzene rings is 2. The molecule has 0 radical (unpaired) electrons. The van der Waals surface area contributed by atoms with E-state index in [1.165, 1.54) is 6.21 Å². The summed E-state index contributed by atoms with van der Waals surface area (Å²) in [7, 11) is 1.86. The maximum atomic E-state index is 13.3. The summed E-state index contributed by atoms with van der Waals surface area (Å²) in [5.41, 5.74) is 1.84. The van der Waals surface area contributed by atoms with Gasteiger partial charge in [0.1, 0.15) is 0 Å². The summed E-state index contributed by atoms with van der Waals surface area (Å²) < 4.78 is 6.47. The summed E-state index contributed by atoms with van der Waals surface area (Å²) >= 11 is 0. The summed E-state index contributed by atoms with van der Waals surface area (Å²) in [6, 6.07) is 13.3. The predicted octanol–water partition coefficient (Wildman–Crippen LogP) is 3.31. The minimum absolute atomic E-state index is 0.0666. The summed E-state index contributed by atoms with van der Waals surface area (Å²) in [4.78, 5) is 21.9. The molecule has 0 unspecified atom stereocenters. The average molecular weight is 433 g/mol. The molecule has 1 aliphatic heterocycles. The maximum absolute atomic E-state index is 13.3. The number of aliphatic imine (C=N–C) groups is 2. The van der Waals surface area contributed by atoms with E-state index in [2.05, 4.69) is 35.2 Å². The van der Waals surface area contributed by atoms with E-state index in [1.807, 2.05) is 50.4 Å². The minimum Gasteiger partial charge on any atom is -0.489 e. The fourth-order valence-electron chi connectivity index (χ4n) is 3.29. The lowest BCUT2D eigenvalue weighted by molar-refractivity contribution is -0.328. The van der Waals surface area contributed by atoms with Gasteiger partial charge >= 0.3 is 5.84 Å². The minimum atomic E-state index is -0.186. The maximum Gasteiger partial charge on any atom is 0.412 e. The molecule has 0 saturated carbocycles. The van der Waals surface area contributed by atoms with Crippen molar-refractivity contribution in [2.24, 2.45) is 15.9 Å². The van der Waals surface area contributed by atoms with Gasteiger partial charge in [0, 0.05) is 16.5 Å². The molecule has 0 spiro atoms. The highest BCUT2D eigenvalue weighted by Crippen LogP contribution is 2.29. The fraction of sp³-hybridized carbons (Fsp3) is 0.320. The lowest BCUT2D eigenvalue weighted by Gasteiger charge is -2.10. The van der Waals surface area contributed by atoms with E-state index < -0.39 is 0 Å². The molecular formula is C25H30N5O2+. The molecule has 1 heterocycles. The van der Waals surface area contributed by atoms with E-state index in [0.717, 1.165) is 22.4 Å². The number of ether oxygens (including phenoxy) is 1. The number of amidine groups is 2. The van der Waals surface area contributed by atoms with Gasteiger partial charge in [-0.2, -0.15) is 0 Å². The Morgan fingerprint density at radius 1 is 1.19 bits per heavy atom. The van der Waals surface area contributed by atoms with Crippen molar-refractivity contribution in [1.82, 2.24) is 5.32 Å². The van der Waals surface area contributed by atoms with Crippen LogP contribution in [0.2, 0.25) is 0 Å².